The maximum atomic E-state index is 13.3. The first kappa shape index (κ1) is 14.3. The van der Waals surface area contributed by atoms with E-state index in [-0.39, 0.29) is 11.7 Å². The Balaban J connectivity index is 2.15. The van der Waals surface area contributed by atoms with Crippen LogP contribution in [0.4, 0.5) is 4.39 Å². The van der Waals surface area contributed by atoms with Crippen molar-refractivity contribution in [3.8, 4) is 0 Å². The van der Waals surface area contributed by atoms with Gasteiger partial charge in [-0.25, -0.2) is 4.39 Å². The molecule has 0 spiro atoms. The van der Waals surface area contributed by atoms with Crippen LogP contribution in [0.2, 0.25) is 0 Å². The molecule has 0 bridgehead atoms. The molecule has 1 fully saturated rings. The van der Waals surface area contributed by atoms with Crippen LogP contribution in [-0.4, -0.2) is 23.9 Å². The lowest BCUT2D eigenvalue weighted by molar-refractivity contribution is -0.130. The van der Waals surface area contributed by atoms with Crippen molar-refractivity contribution in [2.75, 3.05) is 13.1 Å². The van der Waals surface area contributed by atoms with E-state index in [0.717, 1.165) is 44.3 Å². The first-order chi connectivity index (χ1) is 9.09. The Morgan fingerprint density at radius 3 is 2.53 bits per heavy atom. The Hall–Kier alpha value is -1.09. The zero-order valence-electron chi connectivity index (χ0n) is 11.2. The molecule has 1 atom stereocenters. The highest BCUT2D eigenvalue weighted by molar-refractivity contribution is 6.30. The molecule has 4 heteroatoms. The number of amides is 1. The fourth-order valence-electron chi connectivity index (χ4n) is 2.47. The van der Waals surface area contributed by atoms with Crippen molar-refractivity contribution in [1.29, 1.82) is 0 Å². The van der Waals surface area contributed by atoms with E-state index < -0.39 is 5.38 Å². The van der Waals surface area contributed by atoms with Gasteiger partial charge in [-0.1, -0.05) is 18.9 Å². The van der Waals surface area contributed by atoms with Crippen molar-refractivity contribution in [1.82, 2.24) is 4.90 Å². The summed E-state index contributed by atoms with van der Waals surface area (Å²) in [7, 11) is 0. The lowest BCUT2D eigenvalue weighted by Crippen LogP contribution is -2.34. The minimum atomic E-state index is -0.784. The highest BCUT2D eigenvalue weighted by atomic mass is 35.5. The quantitative estimate of drug-likeness (QED) is 0.756. The summed E-state index contributed by atoms with van der Waals surface area (Å²) in [6.45, 7) is 3.37. The van der Waals surface area contributed by atoms with Crippen LogP contribution in [0.25, 0.3) is 0 Å². The van der Waals surface area contributed by atoms with Crippen LogP contribution in [0, 0.1) is 12.7 Å². The molecule has 0 aliphatic carbocycles. The molecule has 0 saturated carbocycles. The van der Waals surface area contributed by atoms with Crippen molar-refractivity contribution in [2.24, 2.45) is 0 Å². The van der Waals surface area contributed by atoms with Gasteiger partial charge < -0.3 is 4.90 Å². The van der Waals surface area contributed by atoms with Gasteiger partial charge in [0.05, 0.1) is 0 Å². The molecule has 2 rings (SSSR count). The Labute approximate surface area is 118 Å². The first-order valence-corrected chi connectivity index (χ1v) is 7.22. The summed E-state index contributed by atoms with van der Waals surface area (Å²) in [5.41, 5.74) is 1.43. The number of benzene rings is 1. The number of hydrogen-bond donors (Lipinski definition) is 0. The summed E-state index contributed by atoms with van der Waals surface area (Å²) in [5, 5.41) is -0.784. The summed E-state index contributed by atoms with van der Waals surface area (Å²) in [4.78, 5) is 14.2. The number of carbonyl (C=O) groups is 1. The third-order valence-electron chi connectivity index (χ3n) is 3.65. The van der Waals surface area contributed by atoms with Gasteiger partial charge in [0.1, 0.15) is 11.2 Å². The van der Waals surface area contributed by atoms with E-state index in [1.807, 2.05) is 11.8 Å². The van der Waals surface area contributed by atoms with E-state index in [2.05, 4.69) is 0 Å². The lowest BCUT2D eigenvalue weighted by Gasteiger charge is -2.24. The van der Waals surface area contributed by atoms with Crippen LogP contribution in [0.15, 0.2) is 18.2 Å². The highest BCUT2D eigenvalue weighted by Crippen LogP contribution is 2.27. The summed E-state index contributed by atoms with van der Waals surface area (Å²) >= 11 is 6.26. The number of carbonyl (C=O) groups excluding carboxylic acids is 1. The minimum Gasteiger partial charge on any atom is -0.341 e. The number of alkyl halides is 1. The zero-order valence-corrected chi connectivity index (χ0v) is 11.9. The normalized spacial score (nSPS) is 17.9. The molecule has 104 valence electrons. The third-order valence-corrected chi connectivity index (χ3v) is 4.07. The molecular weight excluding hydrogens is 265 g/mol. The van der Waals surface area contributed by atoms with E-state index in [9.17, 15) is 9.18 Å². The van der Waals surface area contributed by atoms with Crippen LogP contribution in [0.5, 0.6) is 0 Å². The number of aryl methyl sites for hydroxylation is 1. The van der Waals surface area contributed by atoms with Crippen LogP contribution in [0.3, 0.4) is 0 Å². The zero-order chi connectivity index (χ0) is 13.8. The van der Waals surface area contributed by atoms with E-state index in [4.69, 9.17) is 11.6 Å². The Morgan fingerprint density at radius 1 is 1.26 bits per heavy atom. The molecule has 1 aromatic rings. The molecule has 2 nitrogen and oxygen atoms in total. The van der Waals surface area contributed by atoms with Gasteiger partial charge in [-0.2, -0.15) is 0 Å². The van der Waals surface area contributed by atoms with Gasteiger partial charge in [-0.15, -0.1) is 11.6 Å². The van der Waals surface area contributed by atoms with Crippen molar-refractivity contribution in [3.63, 3.8) is 0 Å². The summed E-state index contributed by atoms with van der Waals surface area (Å²) < 4.78 is 13.3. The number of likely N-dealkylation sites (tertiary alicyclic amines) is 1. The molecule has 1 amide bonds. The summed E-state index contributed by atoms with van der Waals surface area (Å²) in [6.07, 6.45) is 4.38. The lowest BCUT2D eigenvalue weighted by atomic mass is 10.0. The van der Waals surface area contributed by atoms with E-state index in [1.165, 1.54) is 12.1 Å². The molecule has 0 N–H and O–H groups in total. The standard InChI is InChI=1S/C15H19ClFNO/c1-11-6-7-12(17)10-13(11)14(16)15(19)18-8-4-2-3-5-9-18/h6-7,10,14H,2-5,8-9H2,1H3. The van der Waals surface area contributed by atoms with Gasteiger partial charge in [0.2, 0.25) is 5.91 Å². The molecule has 1 aromatic carbocycles. The van der Waals surface area contributed by atoms with Crippen molar-refractivity contribution < 1.29 is 9.18 Å². The number of rotatable bonds is 2. The summed E-state index contributed by atoms with van der Waals surface area (Å²) in [5.74, 6) is -0.452. The fraction of sp³-hybridized carbons (Fsp3) is 0.533. The smallest absolute Gasteiger partial charge is 0.245 e. The molecular formula is C15H19ClFNO. The van der Waals surface area contributed by atoms with Crippen LogP contribution >= 0.6 is 11.6 Å². The van der Waals surface area contributed by atoms with Gasteiger partial charge in [0.15, 0.2) is 0 Å². The fourth-order valence-corrected chi connectivity index (χ4v) is 2.84. The van der Waals surface area contributed by atoms with Gasteiger partial charge in [0.25, 0.3) is 0 Å². The van der Waals surface area contributed by atoms with E-state index in [0.29, 0.717) is 5.56 Å². The van der Waals surface area contributed by atoms with E-state index >= 15 is 0 Å². The first-order valence-electron chi connectivity index (χ1n) is 6.78. The highest BCUT2D eigenvalue weighted by Gasteiger charge is 2.25. The molecule has 1 aliphatic rings. The predicted molar refractivity (Wildman–Crippen MR) is 74.8 cm³/mol. The maximum Gasteiger partial charge on any atom is 0.245 e. The molecule has 1 unspecified atom stereocenters. The Morgan fingerprint density at radius 2 is 1.89 bits per heavy atom. The Bertz CT molecular complexity index is 455. The Kier molecular flexibility index (Phi) is 4.81. The van der Waals surface area contributed by atoms with Gasteiger partial charge in [-0.3, -0.25) is 4.79 Å². The third kappa shape index (κ3) is 3.47. The molecule has 1 heterocycles. The average molecular weight is 284 g/mol. The summed E-state index contributed by atoms with van der Waals surface area (Å²) in [6, 6.07) is 4.41. The molecule has 0 aromatic heterocycles. The van der Waals surface area contributed by atoms with Crippen molar-refractivity contribution >= 4 is 17.5 Å². The van der Waals surface area contributed by atoms with Gasteiger partial charge in [-0.05, 0) is 43.0 Å². The van der Waals surface area contributed by atoms with Gasteiger partial charge >= 0.3 is 0 Å². The van der Waals surface area contributed by atoms with Crippen molar-refractivity contribution in [2.45, 2.75) is 38.0 Å². The second kappa shape index (κ2) is 6.38. The van der Waals surface area contributed by atoms with Crippen LogP contribution in [0.1, 0.15) is 42.2 Å². The predicted octanol–water partition coefficient (Wildman–Crippen LogP) is 3.82. The number of hydrogen-bond acceptors (Lipinski definition) is 1. The second-order valence-corrected chi connectivity index (χ2v) is 5.54. The molecule has 1 saturated heterocycles. The van der Waals surface area contributed by atoms with Gasteiger partial charge in [0, 0.05) is 13.1 Å². The maximum absolute atomic E-state index is 13.3. The number of nitrogens with zero attached hydrogens (tertiary/aromatic N) is 1. The minimum absolute atomic E-state index is 0.0998. The van der Waals surface area contributed by atoms with Crippen molar-refractivity contribution in [3.05, 3.63) is 35.1 Å². The largest absolute Gasteiger partial charge is 0.341 e. The average Bonchev–Trinajstić information content (AvgIpc) is 2.69. The monoisotopic (exact) mass is 283 g/mol. The second-order valence-electron chi connectivity index (χ2n) is 5.10. The SMILES string of the molecule is Cc1ccc(F)cc1C(Cl)C(=O)N1CCCCCC1. The molecule has 0 radical (unpaired) electrons. The van der Waals surface area contributed by atoms with E-state index in [1.54, 1.807) is 6.07 Å². The topological polar surface area (TPSA) is 20.3 Å². The molecule has 1 aliphatic heterocycles. The number of halogens is 2. The van der Waals surface area contributed by atoms with Crippen LogP contribution in [-0.2, 0) is 4.79 Å². The molecule has 19 heavy (non-hydrogen) atoms. The van der Waals surface area contributed by atoms with Crippen LogP contribution < -0.4 is 0 Å².